The zero-order chi connectivity index (χ0) is 11.3. The Bertz CT molecular complexity index is 202. The standard InChI is InChI=1S/C12H24N2O/c1-4-6-12(7-5-8-13-9-12)11(15)14-10(2)3/h10,13H,4-9H2,1-3H3,(H,14,15). The Balaban J connectivity index is 2.66. The van der Waals surface area contributed by atoms with Crippen LogP contribution >= 0.6 is 0 Å². The van der Waals surface area contributed by atoms with Crippen molar-refractivity contribution in [2.45, 2.75) is 52.5 Å². The maximum Gasteiger partial charge on any atom is 0.227 e. The van der Waals surface area contributed by atoms with Crippen molar-refractivity contribution in [3.8, 4) is 0 Å². The molecule has 0 aliphatic carbocycles. The second kappa shape index (κ2) is 5.50. The minimum absolute atomic E-state index is 0.142. The number of hydrogen-bond acceptors (Lipinski definition) is 2. The van der Waals surface area contributed by atoms with Crippen LogP contribution in [0.15, 0.2) is 0 Å². The van der Waals surface area contributed by atoms with Gasteiger partial charge in [0, 0.05) is 12.6 Å². The van der Waals surface area contributed by atoms with Gasteiger partial charge in [-0.05, 0) is 39.7 Å². The fourth-order valence-electron chi connectivity index (χ4n) is 2.38. The molecule has 1 unspecified atom stereocenters. The van der Waals surface area contributed by atoms with Crippen LogP contribution in [0.1, 0.15) is 46.5 Å². The zero-order valence-corrected chi connectivity index (χ0v) is 10.2. The van der Waals surface area contributed by atoms with Gasteiger partial charge in [0.15, 0.2) is 0 Å². The highest BCUT2D eigenvalue weighted by Gasteiger charge is 2.38. The van der Waals surface area contributed by atoms with Crippen LogP contribution in [0.5, 0.6) is 0 Å². The quantitative estimate of drug-likeness (QED) is 0.744. The molecule has 2 N–H and O–H groups in total. The molecule has 88 valence electrons. The van der Waals surface area contributed by atoms with Crippen molar-refractivity contribution >= 4 is 5.91 Å². The van der Waals surface area contributed by atoms with Crippen molar-refractivity contribution < 1.29 is 4.79 Å². The molecule has 0 aromatic carbocycles. The third kappa shape index (κ3) is 3.20. The van der Waals surface area contributed by atoms with E-state index >= 15 is 0 Å². The number of hydrogen-bond donors (Lipinski definition) is 2. The smallest absolute Gasteiger partial charge is 0.227 e. The second-order valence-corrected chi connectivity index (χ2v) is 4.94. The lowest BCUT2D eigenvalue weighted by atomic mass is 9.76. The summed E-state index contributed by atoms with van der Waals surface area (Å²) in [6.45, 7) is 8.10. The fourth-order valence-corrected chi connectivity index (χ4v) is 2.38. The average Bonchev–Trinajstić information content (AvgIpc) is 2.18. The molecule has 0 aromatic rings. The molecule has 1 atom stereocenters. The van der Waals surface area contributed by atoms with Crippen LogP contribution in [0.4, 0.5) is 0 Å². The first-order valence-electron chi connectivity index (χ1n) is 6.12. The van der Waals surface area contributed by atoms with E-state index in [1.165, 1.54) is 0 Å². The van der Waals surface area contributed by atoms with E-state index in [1.807, 2.05) is 13.8 Å². The normalized spacial score (nSPS) is 26.7. The van der Waals surface area contributed by atoms with Crippen LogP contribution in [-0.4, -0.2) is 25.0 Å². The highest BCUT2D eigenvalue weighted by Crippen LogP contribution is 2.31. The van der Waals surface area contributed by atoms with E-state index in [2.05, 4.69) is 17.6 Å². The molecule has 15 heavy (non-hydrogen) atoms. The van der Waals surface area contributed by atoms with Crippen molar-refractivity contribution in [3.05, 3.63) is 0 Å². The van der Waals surface area contributed by atoms with Crippen molar-refractivity contribution in [1.82, 2.24) is 10.6 Å². The molecule has 1 rings (SSSR count). The Morgan fingerprint density at radius 1 is 1.53 bits per heavy atom. The molecule has 0 bridgehead atoms. The van der Waals surface area contributed by atoms with Gasteiger partial charge < -0.3 is 10.6 Å². The topological polar surface area (TPSA) is 41.1 Å². The molecule has 3 heteroatoms. The lowest BCUT2D eigenvalue weighted by Crippen LogP contribution is -2.51. The first-order chi connectivity index (χ1) is 7.10. The highest BCUT2D eigenvalue weighted by molar-refractivity contribution is 5.83. The molecule has 1 saturated heterocycles. The van der Waals surface area contributed by atoms with Gasteiger partial charge in [-0.25, -0.2) is 0 Å². The third-order valence-corrected chi connectivity index (χ3v) is 3.10. The molecule has 0 aromatic heterocycles. The number of piperidine rings is 1. The molecular formula is C12H24N2O. The summed E-state index contributed by atoms with van der Waals surface area (Å²) in [5.74, 6) is 0.242. The van der Waals surface area contributed by atoms with Crippen molar-refractivity contribution in [3.63, 3.8) is 0 Å². The van der Waals surface area contributed by atoms with Crippen LogP contribution in [0.25, 0.3) is 0 Å². The van der Waals surface area contributed by atoms with E-state index < -0.39 is 0 Å². The zero-order valence-electron chi connectivity index (χ0n) is 10.2. The van der Waals surface area contributed by atoms with Crippen LogP contribution in [-0.2, 0) is 4.79 Å². The molecule has 1 amide bonds. The minimum Gasteiger partial charge on any atom is -0.353 e. The van der Waals surface area contributed by atoms with Gasteiger partial charge >= 0.3 is 0 Å². The molecule has 0 spiro atoms. The summed E-state index contributed by atoms with van der Waals surface area (Å²) in [5.41, 5.74) is -0.142. The highest BCUT2D eigenvalue weighted by atomic mass is 16.2. The Hall–Kier alpha value is -0.570. The summed E-state index contributed by atoms with van der Waals surface area (Å²) in [4.78, 5) is 12.2. The maximum absolute atomic E-state index is 12.2. The predicted octanol–water partition coefficient (Wildman–Crippen LogP) is 1.68. The molecule has 1 heterocycles. The monoisotopic (exact) mass is 212 g/mol. The molecule has 0 saturated carbocycles. The molecule has 1 aliphatic rings. The van der Waals surface area contributed by atoms with E-state index in [9.17, 15) is 4.79 Å². The predicted molar refractivity (Wildman–Crippen MR) is 62.7 cm³/mol. The molecular weight excluding hydrogens is 188 g/mol. The lowest BCUT2D eigenvalue weighted by Gasteiger charge is -2.36. The summed E-state index contributed by atoms with van der Waals surface area (Å²) >= 11 is 0. The summed E-state index contributed by atoms with van der Waals surface area (Å²) in [7, 11) is 0. The lowest BCUT2D eigenvalue weighted by molar-refractivity contribution is -0.133. The first kappa shape index (κ1) is 12.5. The van der Waals surface area contributed by atoms with Crippen LogP contribution in [0.2, 0.25) is 0 Å². The average molecular weight is 212 g/mol. The van der Waals surface area contributed by atoms with E-state index in [4.69, 9.17) is 0 Å². The molecule has 3 nitrogen and oxygen atoms in total. The first-order valence-corrected chi connectivity index (χ1v) is 6.12. The SMILES string of the molecule is CCCC1(C(=O)NC(C)C)CCCNC1. The second-order valence-electron chi connectivity index (χ2n) is 4.94. The summed E-state index contributed by atoms with van der Waals surface area (Å²) < 4.78 is 0. The summed E-state index contributed by atoms with van der Waals surface area (Å²) in [5, 5.41) is 6.41. The number of amides is 1. The van der Waals surface area contributed by atoms with E-state index in [-0.39, 0.29) is 17.4 Å². The van der Waals surface area contributed by atoms with Crippen molar-refractivity contribution in [2.75, 3.05) is 13.1 Å². The van der Waals surface area contributed by atoms with Crippen LogP contribution in [0, 0.1) is 5.41 Å². The van der Waals surface area contributed by atoms with Gasteiger partial charge in [0.1, 0.15) is 0 Å². The minimum atomic E-state index is -0.142. The van der Waals surface area contributed by atoms with E-state index in [1.54, 1.807) is 0 Å². The van der Waals surface area contributed by atoms with Gasteiger partial charge in [0.25, 0.3) is 0 Å². The van der Waals surface area contributed by atoms with Crippen molar-refractivity contribution in [1.29, 1.82) is 0 Å². The van der Waals surface area contributed by atoms with Crippen LogP contribution in [0.3, 0.4) is 0 Å². The van der Waals surface area contributed by atoms with Gasteiger partial charge in [-0.15, -0.1) is 0 Å². The number of nitrogens with one attached hydrogen (secondary N) is 2. The Labute approximate surface area is 93.0 Å². The largest absolute Gasteiger partial charge is 0.353 e. The van der Waals surface area contributed by atoms with Gasteiger partial charge in [-0.1, -0.05) is 13.3 Å². The number of rotatable bonds is 4. The molecule has 1 fully saturated rings. The van der Waals surface area contributed by atoms with Gasteiger partial charge in [0.2, 0.25) is 5.91 Å². The molecule has 1 aliphatic heterocycles. The Morgan fingerprint density at radius 2 is 2.27 bits per heavy atom. The number of carbonyl (C=O) groups is 1. The van der Waals surface area contributed by atoms with Crippen LogP contribution < -0.4 is 10.6 Å². The van der Waals surface area contributed by atoms with Crippen molar-refractivity contribution in [2.24, 2.45) is 5.41 Å². The maximum atomic E-state index is 12.2. The Kier molecular flexibility index (Phi) is 4.58. The number of carbonyl (C=O) groups excluding carboxylic acids is 1. The molecule has 0 radical (unpaired) electrons. The van der Waals surface area contributed by atoms with Gasteiger partial charge in [-0.3, -0.25) is 4.79 Å². The van der Waals surface area contributed by atoms with E-state index in [0.717, 1.165) is 38.8 Å². The van der Waals surface area contributed by atoms with E-state index in [0.29, 0.717) is 0 Å². The van der Waals surface area contributed by atoms with Gasteiger partial charge in [-0.2, -0.15) is 0 Å². The Morgan fingerprint density at radius 3 is 2.73 bits per heavy atom. The third-order valence-electron chi connectivity index (χ3n) is 3.10. The summed E-state index contributed by atoms with van der Waals surface area (Å²) in [6, 6.07) is 0.244. The summed E-state index contributed by atoms with van der Waals surface area (Å²) in [6.07, 6.45) is 4.23. The van der Waals surface area contributed by atoms with Gasteiger partial charge in [0.05, 0.1) is 5.41 Å². The fraction of sp³-hybridized carbons (Fsp3) is 0.917.